The van der Waals surface area contributed by atoms with Gasteiger partial charge in [0.2, 0.25) is 0 Å². The highest BCUT2D eigenvalue weighted by Gasteiger charge is 2.23. The van der Waals surface area contributed by atoms with E-state index in [0.717, 1.165) is 37.9 Å². The first-order chi connectivity index (χ1) is 13.2. The molecule has 3 rings (SSSR count). The molecule has 0 amide bonds. The lowest BCUT2D eigenvalue weighted by molar-refractivity contribution is 0.245. The van der Waals surface area contributed by atoms with Crippen molar-refractivity contribution < 1.29 is 4.74 Å². The Morgan fingerprint density at radius 1 is 1.14 bits per heavy atom. The zero-order chi connectivity index (χ0) is 19.1. The number of ether oxygens (including phenoxy) is 1. The highest BCUT2D eigenvalue weighted by atomic mass is 127. The number of halogens is 1. The van der Waals surface area contributed by atoms with Crippen molar-refractivity contribution in [2.24, 2.45) is 12.0 Å². The monoisotopic (exact) mass is 497 g/mol. The van der Waals surface area contributed by atoms with E-state index in [1.54, 1.807) is 7.11 Å². The van der Waals surface area contributed by atoms with E-state index in [-0.39, 0.29) is 24.0 Å². The zero-order valence-electron chi connectivity index (χ0n) is 17.0. The summed E-state index contributed by atoms with van der Waals surface area (Å²) in [6.45, 7) is 3.88. The SMILES string of the molecule is CN=C(NCc1ccn(C)c1)NCC(c1ccc(OC)cc1)N1CCCC1.I. The van der Waals surface area contributed by atoms with Crippen LogP contribution in [0.15, 0.2) is 47.7 Å². The number of rotatable bonds is 7. The van der Waals surface area contributed by atoms with E-state index in [1.165, 1.54) is 24.0 Å². The van der Waals surface area contributed by atoms with Crippen molar-refractivity contribution in [2.45, 2.75) is 25.4 Å². The Kier molecular flexibility index (Phi) is 9.11. The molecule has 1 aliphatic heterocycles. The smallest absolute Gasteiger partial charge is 0.191 e. The molecule has 1 atom stereocenters. The Hall–Kier alpha value is -1.74. The van der Waals surface area contributed by atoms with Gasteiger partial charge >= 0.3 is 0 Å². The molecule has 1 aromatic carbocycles. The first kappa shape index (κ1) is 22.5. The number of likely N-dealkylation sites (tertiary alicyclic amines) is 1. The second-order valence-electron chi connectivity index (χ2n) is 7.02. The molecule has 0 aliphatic carbocycles. The van der Waals surface area contributed by atoms with Gasteiger partial charge in [0.25, 0.3) is 0 Å². The number of aliphatic imine (C=N–C) groups is 1. The van der Waals surface area contributed by atoms with Crippen LogP contribution in [0.3, 0.4) is 0 Å². The first-order valence-corrected chi connectivity index (χ1v) is 9.63. The van der Waals surface area contributed by atoms with Gasteiger partial charge in [0.1, 0.15) is 5.75 Å². The van der Waals surface area contributed by atoms with Gasteiger partial charge in [-0.25, -0.2) is 0 Å². The van der Waals surface area contributed by atoms with E-state index in [4.69, 9.17) is 4.74 Å². The number of benzene rings is 1. The van der Waals surface area contributed by atoms with Gasteiger partial charge in [-0.2, -0.15) is 0 Å². The predicted octanol–water partition coefficient (Wildman–Crippen LogP) is 3.15. The third-order valence-corrected chi connectivity index (χ3v) is 5.12. The summed E-state index contributed by atoms with van der Waals surface area (Å²) in [6.07, 6.45) is 6.71. The Bertz CT molecular complexity index is 738. The summed E-state index contributed by atoms with van der Waals surface area (Å²) in [5.41, 5.74) is 2.55. The summed E-state index contributed by atoms with van der Waals surface area (Å²) < 4.78 is 7.36. The van der Waals surface area contributed by atoms with Gasteiger partial charge in [0, 0.05) is 39.6 Å². The molecule has 2 aromatic rings. The summed E-state index contributed by atoms with van der Waals surface area (Å²) in [5, 5.41) is 6.91. The molecule has 2 N–H and O–H groups in total. The van der Waals surface area contributed by atoms with Gasteiger partial charge < -0.3 is 19.9 Å². The molecule has 0 bridgehead atoms. The number of nitrogens with zero attached hydrogens (tertiary/aromatic N) is 3. The van der Waals surface area contributed by atoms with Crippen LogP contribution >= 0.6 is 24.0 Å². The third-order valence-electron chi connectivity index (χ3n) is 5.12. The topological polar surface area (TPSA) is 53.8 Å². The fourth-order valence-electron chi connectivity index (χ4n) is 3.60. The van der Waals surface area contributed by atoms with Crippen LogP contribution in [0.1, 0.15) is 30.0 Å². The number of hydrogen-bond donors (Lipinski definition) is 2. The van der Waals surface area contributed by atoms with E-state index in [1.807, 2.05) is 26.2 Å². The van der Waals surface area contributed by atoms with Crippen molar-refractivity contribution in [1.29, 1.82) is 0 Å². The van der Waals surface area contributed by atoms with Crippen molar-refractivity contribution in [2.75, 3.05) is 33.8 Å². The molecule has 1 aromatic heterocycles. The molecule has 154 valence electrons. The summed E-state index contributed by atoms with van der Waals surface area (Å²) in [7, 11) is 5.56. The number of methoxy groups -OCH3 is 1. The van der Waals surface area contributed by atoms with E-state index < -0.39 is 0 Å². The zero-order valence-corrected chi connectivity index (χ0v) is 19.3. The van der Waals surface area contributed by atoms with Gasteiger partial charge in [-0.05, 0) is 55.3 Å². The number of guanidine groups is 1. The minimum Gasteiger partial charge on any atom is -0.497 e. The fraction of sp³-hybridized carbons (Fsp3) is 0.476. The van der Waals surface area contributed by atoms with Gasteiger partial charge in [0.05, 0.1) is 13.2 Å². The quantitative estimate of drug-likeness (QED) is 0.351. The van der Waals surface area contributed by atoms with E-state index in [9.17, 15) is 0 Å². The standard InChI is InChI=1S/C21H31N5O.HI/c1-22-21(23-14-17-10-13-25(2)16-17)24-15-20(26-11-4-5-12-26)18-6-8-19(27-3)9-7-18;/h6-10,13,16,20H,4-5,11-12,14-15H2,1-3H3,(H2,22,23,24);1H. The highest BCUT2D eigenvalue weighted by molar-refractivity contribution is 14.0. The van der Waals surface area contributed by atoms with Crippen LogP contribution in [0.2, 0.25) is 0 Å². The molecule has 7 heteroatoms. The lowest BCUT2D eigenvalue weighted by Crippen LogP contribution is -2.42. The molecule has 1 unspecified atom stereocenters. The van der Waals surface area contributed by atoms with Crippen LogP contribution in [0, 0.1) is 0 Å². The van der Waals surface area contributed by atoms with Crippen LogP contribution in [0.25, 0.3) is 0 Å². The predicted molar refractivity (Wildman–Crippen MR) is 126 cm³/mol. The Morgan fingerprint density at radius 2 is 1.86 bits per heavy atom. The molecule has 0 saturated carbocycles. The maximum atomic E-state index is 5.31. The molecule has 28 heavy (non-hydrogen) atoms. The van der Waals surface area contributed by atoms with Crippen LogP contribution in [-0.2, 0) is 13.6 Å². The van der Waals surface area contributed by atoms with Crippen molar-refractivity contribution in [3.05, 3.63) is 53.9 Å². The molecule has 2 heterocycles. The fourth-order valence-corrected chi connectivity index (χ4v) is 3.60. The molecule has 1 fully saturated rings. The van der Waals surface area contributed by atoms with Gasteiger partial charge in [-0.3, -0.25) is 9.89 Å². The Labute approximate surface area is 185 Å². The molecular weight excluding hydrogens is 465 g/mol. The number of aryl methyl sites for hydroxylation is 1. The number of aromatic nitrogens is 1. The molecule has 0 spiro atoms. The second-order valence-corrected chi connectivity index (χ2v) is 7.02. The van der Waals surface area contributed by atoms with Crippen LogP contribution in [0.4, 0.5) is 0 Å². The summed E-state index contributed by atoms with van der Waals surface area (Å²) >= 11 is 0. The lowest BCUT2D eigenvalue weighted by atomic mass is 10.1. The lowest BCUT2D eigenvalue weighted by Gasteiger charge is -2.29. The Morgan fingerprint density at radius 3 is 2.43 bits per heavy atom. The minimum atomic E-state index is 0. The van der Waals surface area contributed by atoms with E-state index >= 15 is 0 Å². The number of nitrogens with one attached hydrogen (secondary N) is 2. The van der Waals surface area contributed by atoms with Crippen LogP contribution in [0.5, 0.6) is 5.75 Å². The van der Waals surface area contributed by atoms with Crippen LogP contribution in [-0.4, -0.2) is 49.2 Å². The minimum absolute atomic E-state index is 0. The van der Waals surface area contributed by atoms with Crippen molar-refractivity contribution in [3.8, 4) is 5.75 Å². The first-order valence-electron chi connectivity index (χ1n) is 9.63. The van der Waals surface area contributed by atoms with Crippen molar-refractivity contribution in [1.82, 2.24) is 20.1 Å². The van der Waals surface area contributed by atoms with Gasteiger partial charge in [0.15, 0.2) is 5.96 Å². The van der Waals surface area contributed by atoms with Gasteiger partial charge in [-0.15, -0.1) is 24.0 Å². The summed E-state index contributed by atoms with van der Waals surface area (Å²) in [6, 6.07) is 10.9. The van der Waals surface area contributed by atoms with Crippen molar-refractivity contribution >= 4 is 29.9 Å². The average Bonchev–Trinajstić information content (AvgIpc) is 3.37. The molecule has 1 saturated heterocycles. The van der Waals surface area contributed by atoms with Gasteiger partial charge in [-0.1, -0.05) is 12.1 Å². The third kappa shape index (κ3) is 6.13. The molecule has 0 radical (unpaired) electrons. The van der Waals surface area contributed by atoms with Crippen LogP contribution < -0.4 is 15.4 Å². The maximum Gasteiger partial charge on any atom is 0.191 e. The number of hydrogen-bond acceptors (Lipinski definition) is 3. The maximum absolute atomic E-state index is 5.31. The van der Waals surface area contributed by atoms with E-state index in [0.29, 0.717) is 6.04 Å². The molecular formula is C21H32IN5O. The largest absolute Gasteiger partial charge is 0.497 e. The summed E-state index contributed by atoms with van der Waals surface area (Å²) in [4.78, 5) is 6.93. The highest BCUT2D eigenvalue weighted by Crippen LogP contribution is 2.26. The average molecular weight is 497 g/mol. The summed E-state index contributed by atoms with van der Waals surface area (Å²) in [5.74, 6) is 1.73. The van der Waals surface area contributed by atoms with Crippen molar-refractivity contribution in [3.63, 3.8) is 0 Å². The van der Waals surface area contributed by atoms with E-state index in [2.05, 4.69) is 55.7 Å². The molecule has 1 aliphatic rings. The Balaban J connectivity index is 0.00000280. The normalized spacial score (nSPS) is 15.8. The molecule has 6 nitrogen and oxygen atoms in total. The second kappa shape index (κ2) is 11.3.